The minimum absolute atomic E-state index is 0.0646. The molecule has 0 radical (unpaired) electrons. The average Bonchev–Trinajstić information content (AvgIpc) is 4.13. The number of allylic oxidation sites excluding steroid dienone is 10. The van der Waals surface area contributed by atoms with E-state index < -0.39 is 0 Å². The third kappa shape index (κ3) is 7.31. The van der Waals surface area contributed by atoms with Gasteiger partial charge in [-0.05, 0) is 139 Å². The summed E-state index contributed by atoms with van der Waals surface area (Å²) in [4.78, 5) is 26.5. The molecule has 8 nitrogen and oxygen atoms in total. The first-order valence-corrected chi connectivity index (χ1v) is 26.3. The minimum Gasteiger partial charge on any atom is -0.334 e. The lowest BCUT2D eigenvalue weighted by molar-refractivity contribution is 0.692. The predicted octanol–water partition coefficient (Wildman–Crippen LogP) is 15.2. The molecule has 5 aliphatic rings. The summed E-state index contributed by atoms with van der Waals surface area (Å²) in [6.07, 6.45) is 34.0. The topological polar surface area (TPSA) is 77.5 Å². The van der Waals surface area contributed by atoms with Crippen molar-refractivity contribution in [3.05, 3.63) is 258 Å². The molecule has 5 aromatic carbocycles. The number of aromatic nitrogens is 7. The van der Waals surface area contributed by atoms with Crippen LogP contribution < -0.4 is 4.90 Å². The minimum atomic E-state index is 0.0646. The van der Waals surface area contributed by atoms with Crippen molar-refractivity contribution in [1.82, 2.24) is 34.1 Å². The van der Waals surface area contributed by atoms with E-state index in [1.54, 1.807) is 24.8 Å². The van der Waals surface area contributed by atoms with Gasteiger partial charge < -0.3 is 14.0 Å². The maximum Gasteiger partial charge on any atom is 0.165 e. The smallest absolute Gasteiger partial charge is 0.165 e. The Labute approximate surface area is 435 Å². The van der Waals surface area contributed by atoms with Crippen LogP contribution in [0.25, 0.3) is 84.3 Å². The summed E-state index contributed by atoms with van der Waals surface area (Å²) in [5.41, 5.74) is 19.5. The first-order chi connectivity index (χ1) is 37.2. The van der Waals surface area contributed by atoms with E-state index in [-0.39, 0.29) is 17.9 Å². The predicted molar refractivity (Wildman–Crippen MR) is 304 cm³/mol. The van der Waals surface area contributed by atoms with E-state index in [0.29, 0.717) is 17.5 Å². The molecular weight excluding hydrogens is 917 g/mol. The van der Waals surface area contributed by atoms with Crippen molar-refractivity contribution in [2.24, 2.45) is 5.92 Å². The Morgan fingerprint density at radius 1 is 0.560 bits per heavy atom. The van der Waals surface area contributed by atoms with Crippen LogP contribution in [0, 0.1) is 5.92 Å². The molecule has 0 N–H and O–H groups in total. The zero-order valence-corrected chi connectivity index (χ0v) is 41.2. The number of hydrogen-bond donors (Lipinski definition) is 0. The molecule has 3 unspecified atom stereocenters. The highest BCUT2D eigenvalue weighted by Crippen LogP contribution is 2.51. The van der Waals surface area contributed by atoms with Crippen molar-refractivity contribution in [3.8, 4) is 39.9 Å². The molecule has 0 spiro atoms. The van der Waals surface area contributed by atoms with Crippen LogP contribution in [0.1, 0.15) is 48.4 Å². The summed E-state index contributed by atoms with van der Waals surface area (Å²) in [6, 6.07) is 52.3. The van der Waals surface area contributed by atoms with Crippen LogP contribution in [0.15, 0.2) is 241 Å². The maximum absolute atomic E-state index is 5.09. The quantitative estimate of drug-likeness (QED) is 0.151. The zero-order valence-electron chi connectivity index (χ0n) is 41.2. The highest BCUT2D eigenvalue weighted by Gasteiger charge is 2.43. The van der Waals surface area contributed by atoms with Gasteiger partial charge in [-0.3, -0.25) is 9.97 Å². The number of para-hydroxylation sites is 3. The van der Waals surface area contributed by atoms with E-state index in [9.17, 15) is 0 Å². The number of anilines is 1. The Hall–Kier alpha value is -9.27. The number of pyridine rings is 2. The monoisotopic (exact) mass is 966 g/mol. The molecule has 3 atom stereocenters. The molecule has 358 valence electrons. The first-order valence-electron chi connectivity index (χ1n) is 26.3. The highest BCUT2D eigenvalue weighted by atomic mass is 15.2. The summed E-state index contributed by atoms with van der Waals surface area (Å²) >= 11 is 0. The normalized spacial score (nSPS) is 18.8. The Bertz CT molecular complexity index is 4110. The van der Waals surface area contributed by atoms with Crippen LogP contribution in [-0.4, -0.2) is 40.1 Å². The van der Waals surface area contributed by atoms with Crippen molar-refractivity contribution in [2.45, 2.75) is 44.1 Å². The largest absolute Gasteiger partial charge is 0.334 e. The molecular formula is C67H50N8. The van der Waals surface area contributed by atoms with E-state index in [1.807, 2.05) is 24.3 Å². The summed E-state index contributed by atoms with van der Waals surface area (Å²) in [5, 5.41) is 3.88. The van der Waals surface area contributed by atoms with Gasteiger partial charge in [0.25, 0.3) is 0 Å². The number of hydrogen-bond acceptors (Lipinski definition) is 6. The number of nitrogens with zero attached hydrogens (tertiary/aromatic N) is 8. The van der Waals surface area contributed by atoms with Crippen LogP contribution in [-0.2, 0) is 6.42 Å². The van der Waals surface area contributed by atoms with Gasteiger partial charge in [0, 0.05) is 103 Å². The highest BCUT2D eigenvalue weighted by molar-refractivity contribution is 6.09. The SMILES string of the molecule is C1=CCCC(n2c3c(c4ccccc42)C=C(C2=CC4C5=CC(c6ccc7c(c6)c6ccccc6n7-c6ccccc6)CC=C5N(c5cccc(-c6nc(-c7cccnc7)nc(-c7cccnc7)n6)c5)C4C=C2)CC3)=C1. The van der Waals surface area contributed by atoms with Crippen molar-refractivity contribution in [2.75, 3.05) is 4.90 Å². The van der Waals surface area contributed by atoms with Crippen molar-refractivity contribution in [1.29, 1.82) is 0 Å². The van der Waals surface area contributed by atoms with Gasteiger partial charge >= 0.3 is 0 Å². The number of fused-ring (bicyclic) bond motifs is 9. The molecule has 6 heterocycles. The summed E-state index contributed by atoms with van der Waals surface area (Å²) in [5.74, 6) is 2.06. The molecule has 5 aromatic heterocycles. The maximum atomic E-state index is 5.09. The average molecular weight is 967 g/mol. The molecule has 75 heavy (non-hydrogen) atoms. The van der Waals surface area contributed by atoms with Gasteiger partial charge in [0.05, 0.1) is 22.6 Å². The number of benzene rings is 5. The van der Waals surface area contributed by atoms with Gasteiger partial charge in [-0.15, -0.1) is 0 Å². The Balaban J connectivity index is 0.847. The van der Waals surface area contributed by atoms with Crippen molar-refractivity contribution >= 4 is 50.2 Å². The number of rotatable bonds is 8. The lowest BCUT2D eigenvalue weighted by Crippen LogP contribution is -2.31. The van der Waals surface area contributed by atoms with E-state index >= 15 is 0 Å². The Morgan fingerprint density at radius 2 is 1.27 bits per heavy atom. The third-order valence-corrected chi connectivity index (χ3v) is 16.0. The first kappa shape index (κ1) is 43.3. The molecule has 0 amide bonds. The second-order valence-corrected chi connectivity index (χ2v) is 20.2. The van der Waals surface area contributed by atoms with Gasteiger partial charge in [0.2, 0.25) is 0 Å². The van der Waals surface area contributed by atoms with Crippen LogP contribution in [0.5, 0.6) is 0 Å². The van der Waals surface area contributed by atoms with E-state index in [0.717, 1.165) is 54.5 Å². The molecule has 0 saturated carbocycles. The second kappa shape index (κ2) is 17.7. The molecule has 1 aliphatic heterocycles. The van der Waals surface area contributed by atoms with E-state index in [1.165, 1.54) is 83.3 Å². The fraction of sp³-hybridized carbons (Fsp3) is 0.119. The van der Waals surface area contributed by atoms with Crippen molar-refractivity contribution in [3.63, 3.8) is 0 Å². The van der Waals surface area contributed by atoms with Gasteiger partial charge in [0.15, 0.2) is 17.5 Å². The molecule has 4 aliphatic carbocycles. The molecule has 8 heteroatoms. The third-order valence-electron chi connectivity index (χ3n) is 16.0. The fourth-order valence-corrected chi connectivity index (χ4v) is 12.5. The zero-order chi connectivity index (χ0) is 49.4. The lowest BCUT2D eigenvalue weighted by Gasteiger charge is -2.30. The van der Waals surface area contributed by atoms with Gasteiger partial charge in [-0.2, -0.15) is 0 Å². The summed E-state index contributed by atoms with van der Waals surface area (Å²) in [6.45, 7) is 0. The van der Waals surface area contributed by atoms with Crippen LogP contribution in [0.4, 0.5) is 5.69 Å². The van der Waals surface area contributed by atoms with Gasteiger partial charge in [0.1, 0.15) is 0 Å². The lowest BCUT2D eigenvalue weighted by atomic mass is 9.80. The van der Waals surface area contributed by atoms with Crippen LogP contribution in [0.3, 0.4) is 0 Å². The summed E-state index contributed by atoms with van der Waals surface area (Å²) in [7, 11) is 0. The van der Waals surface area contributed by atoms with E-state index in [2.05, 4.69) is 200 Å². The molecule has 1 saturated heterocycles. The van der Waals surface area contributed by atoms with Crippen LogP contribution >= 0.6 is 0 Å². The molecule has 0 bridgehead atoms. The van der Waals surface area contributed by atoms with Gasteiger partial charge in [-0.25, -0.2) is 15.0 Å². The molecule has 1 fully saturated rings. The molecule has 10 aromatic rings. The van der Waals surface area contributed by atoms with Gasteiger partial charge in [-0.1, -0.05) is 115 Å². The summed E-state index contributed by atoms with van der Waals surface area (Å²) < 4.78 is 4.96. The second-order valence-electron chi connectivity index (χ2n) is 20.2. The molecule has 15 rings (SSSR count). The van der Waals surface area contributed by atoms with E-state index in [4.69, 9.17) is 15.0 Å². The van der Waals surface area contributed by atoms with Crippen LogP contribution in [0.2, 0.25) is 0 Å². The standard InChI is InChI=1S/C67H50N8/c1-3-17-50(18-4-1)73-59-24-9-7-22-53(59)55-37-43(26-30-61(55)73)45-28-32-63-57(39-45)58-40-46(44-27-31-62-56(38-44)54-23-8-10-25-60(54)74(62)51-19-5-2-6-20-51)29-33-64(58)75(63)52-21-11-14-47(36-52)65-70-66(48-15-12-34-68-41-48)72-67(71-65)49-16-13-35-69-42-49/h1-5,7-19,21-26,29-30,32-42,45,58,64H,6,20,27-28,31H2. The fourth-order valence-electron chi connectivity index (χ4n) is 12.5. The Morgan fingerprint density at radius 3 is 2.03 bits per heavy atom. The Kier molecular flexibility index (Phi) is 10.2. The van der Waals surface area contributed by atoms with Crippen molar-refractivity contribution < 1.29 is 0 Å².